The van der Waals surface area contributed by atoms with Crippen molar-refractivity contribution in [1.29, 1.82) is 0 Å². The number of rotatable bonds is 2. The van der Waals surface area contributed by atoms with Gasteiger partial charge in [0.2, 0.25) is 0 Å². The van der Waals surface area contributed by atoms with E-state index in [-0.39, 0.29) is 23.7 Å². The molecule has 0 bridgehead atoms. The number of ether oxygens (including phenoxy) is 1. The van der Waals surface area contributed by atoms with Crippen LogP contribution in [-0.2, 0) is 4.74 Å². The van der Waals surface area contributed by atoms with Crippen molar-refractivity contribution < 1.29 is 14.5 Å². The van der Waals surface area contributed by atoms with Gasteiger partial charge in [-0.15, -0.1) is 0 Å². The van der Waals surface area contributed by atoms with Crippen LogP contribution in [0, 0.1) is 10.1 Å². The second-order valence-corrected chi connectivity index (χ2v) is 4.75. The molecule has 2 rings (SSSR count). The molecule has 1 amide bonds. The first-order valence-corrected chi connectivity index (χ1v) is 6.15. The van der Waals surface area contributed by atoms with E-state index < -0.39 is 4.92 Å². The summed E-state index contributed by atoms with van der Waals surface area (Å²) in [6, 6.07) is 5.70. The number of carbonyl (C=O) groups is 1. The number of morpholine rings is 1. The highest BCUT2D eigenvalue weighted by atomic mass is 16.6. The fourth-order valence-corrected chi connectivity index (χ4v) is 2.28. The molecular weight excluding hydrogens is 248 g/mol. The van der Waals surface area contributed by atoms with Gasteiger partial charge in [-0.2, -0.15) is 0 Å². The van der Waals surface area contributed by atoms with E-state index in [1.165, 1.54) is 24.3 Å². The van der Waals surface area contributed by atoms with Crippen molar-refractivity contribution in [2.24, 2.45) is 0 Å². The SMILES string of the molecule is CC1COCC(C)N1C(=O)c1ccc([N+](=O)[O-])cc1. The van der Waals surface area contributed by atoms with E-state index in [1.54, 1.807) is 4.90 Å². The van der Waals surface area contributed by atoms with Gasteiger partial charge in [-0.1, -0.05) is 0 Å². The van der Waals surface area contributed by atoms with E-state index in [0.717, 1.165) is 0 Å². The summed E-state index contributed by atoms with van der Waals surface area (Å²) >= 11 is 0. The fourth-order valence-electron chi connectivity index (χ4n) is 2.28. The van der Waals surface area contributed by atoms with Crippen LogP contribution in [0.3, 0.4) is 0 Å². The average molecular weight is 264 g/mol. The molecule has 0 saturated carbocycles. The number of non-ortho nitro benzene ring substituents is 1. The molecule has 2 atom stereocenters. The molecule has 6 heteroatoms. The molecule has 1 fully saturated rings. The molecule has 19 heavy (non-hydrogen) atoms. The highest BCUT2D eigenvalue weighted by molar-refractivity contribution is 5.94. The van der Waals surface area contributed by atoms with Crippen LogP contribution in [0.5, 0.6) is 0 Å². The molecule has 0 N–H and O–H groups in total. The molecule has 0 aliphatic carbocycles. The van der Waals surface area contributed by atoms with Crippen molar-refractivity contribution in [3.63, 3.8) is 0 Å². The first-order valence-electron chi connectivity index (χ1n) is 6.15. The number of nitro benzene ring substituents is 1. The van der Waals surface area contributed by atoms with Gasteiger partial charge in [0.05, 0.1) is 30.2 Å². The third kappa shape index (κ3) is 2.73. The lowest BCUT2D eigenvalue weighted by Gasteiger charge is -2.38. The zero-order valence-electron chi connectivity index (χ0n) is 10.9. The molecule has 1 aliphatic rings. The predicted octanol–water partition coefficient (Wildman–Crippen LogP) is 1.84. The van der Waals surface area contributed by atoms with Gasteiger partial charge in [0.25, 0.3) is 11.6 Å². The molecule has 1 heterocycles. The summed E-state index contributed by atoms with van der Waals surface area (Å²) in [5, 5.41) is 10.6. The standard InChI is InChI=1S/C13H16N2O4/c1-9-7-19-8-10(2)14(9)13(16)11-3-5-12(6-4-11)15(17)18/h3-6,9-10H,7-8H2,1-2H3. The van der Waals surface area contributed by atoms with Crippen molar-refractivity contribution in [2.75, 3.05) is 13.2 Å². The molecule has 1 saturated heterocycles. The first kappa shape index (κ1) is 13.5. The molecule has 0 radical (unpaired) electrons. The zero-order chi connectivity index (χ0) is 14.0. The third-order valence-corrected chi connectivity index (χ3v) is 3.23. The van der Waals surface area contributed by atoms with Gasteiger partial charge >= 0.3 is 0 Å². The number of nitro groups is 1. The van der Waals surface area contributed by atoms with Crippen molar-refractivity contribution in [3.05, 3.63) is 39.9 Å². The van der Waals surface area contributed by atoms with Crippen LogP contribution in [0.2, 0.25) is 0 Å². The maximum absolute atomic E-state index is 12.4. The minimum atomic E-state index is -0.478. The monoisotopic (exact) mass is 264 g/mol. The van der Waals surface area contributed by atoms with E-state index in [2.05, 4.69) is 0 Å². The van der Waals surface area contributed by atoms with E-state index in [0.29, 0.717) is 18.8 Å². The number of carbonyl (C=O) groups excluding carboxylic acids is 1. The Morgan fingerprint density at radius 1 is 1.26 bits per heavy atom. The van der Waals surface area contributed by atoms with Crippen molar-refractivity contribution >= 4 is 11.6 Å². The molecular formula is C13H16N2O4. The summed E-state index contributed by atoms with van der Waals surface area (Å²) in [5.74, 6) is -0.113. The largest absolute Gasteiger partial charge is 0.377 e. The first-order chi connectivity index (χ1) is 9.00. The Kier molecular flexibility index (Phi) is 3.80. The van der Waals surface area contributed by atoms with E-state index in [1.807, 2.05) is 13.8 Å². The second-order valence-electron chi connectivity index (χ2n) is 4.75. The number of hydrogen-bond donors (Lipinski definition) is 0. The molecule has 6 nitrogen and oxygen atoms in total. The Labute approximate surface area is 111 Å². The summed E-state index contributed by atoms with van der Waals surface area (Å²) in [4.78, 5) is 24.3. The van der Waals surface area contributed by atoms with Gasteiger partial charge < -0.3 is 9.64 Å². The number of amides is 1. The van der Waals surface area contributed by atoms with Gasteiger partial charge in [-0.25, -0.2) is 0 Å². The van der Waals surface area contributed by atoms with Gasteiger partial charge in [0.15, 0.2) is 0 Å². The maximum Gasteiger partial charge on any atom is 0.269 e. The number of nitrogens with zero attached hydrogens (tertiary/aromatic N) is 2. The molecule has 0 aromatic heterocycles. The van der Waals surface area contributed by atoms with Crippen LogP contribution in [0.15, 0.2) is 24.3 Å². The predicted molar refractivity (Wildman–Crippen MR) is 69.0 cm³/mol. The Morgan fingerprint density at radius 2 is 1.79 bits per heavy atom. The zero-order valence-corrected chi connectivity index (χ0v) is 10.9. The van der Waals surface area contributed by atoms with Crippen LogP contribution in [0.25, 0.3) is 0 Å². The van der Waals surface area contributed by atoms with E-state index >= 15 is 0 Å². The van der Waals surface area contributed by atoms with Crippen LogP contribution < -0.4 is 0 Å². The van der Waals surface area contributed by atoms with Crippen LogP contribution in [0.1, 0.15) is 24.2 Å². The van der Waals surface area contributed by atoms with Gasteiger partial charge in [0.1, 0.15) is 0 Å². The lowest BCUT2D eigenvalue weighted by atomic mass is 10.1. The van der Waals surface area contributed by atoms with Crippen LogP contribution >= 0.6 is 0 Å². The smallest absolute Gasteiger partial charge is 0.269 e. The Hall–Kier alpha value is -1.95. The van der Waals surface area contributed by atoms with E-state index in [9.17, 15) is 14.9 Å². The molecule has 1 aliphatic heterocycles. The molecule has 1 aromatic carbocycles. The van der Waals surface area contributed by atoms with E-state index in [4.69, 9.17) is 4.74 Å². The quantitative estimate of drug-likeness (QED) is 0.603. The molecule has 0 spiro atoms. The topological polar surface area (TPSA) is 72.7 Å². The average Bonchev–Trinajstić information content (AvgIpc) is 2.38. The summed E-state index contributed by atoms with van der Waals surface area (Å²) < 4.78 is 5.38. The molecule has 1 aromatic rings. The van der Waals surface area contributed by atoms with Crippen molar-refractivity contribution in [3.8, 4) is 0 Å². The summed E-state index contributed by atoms with van der Waals surface area (Å²) in [6.45, 7) is 4.89. The minimum Gasteiger partial charge on any atom is -0.377 e. The summed E-state index contributed by atoms with van der Waals surface area (Å²) in [7, 11) is 0. The third-order valence-electron chi connectivity index (χ3n) is 3.23. The fraction of sp³-hybridized carbons (Fsp3) is 0.462. The summed E-state index contributed by atoms with van der Waals surface area (Å²) in [5.41, 5.74) is 0.450. The minimum absolute atomic E-state index is 0.00596. The Balaban J connectivity index is 2.20. The lowest BCUT2D eigenvalue weighted by molar-refractivity contribution is -0.384. The summed E-state index contributed by atoms with van der Waals surface area (Å²) in [6.07, 6.45) is 0. The number of hydrogen-bond acceptors (Lipinski definition) is 4. The van der Waals surface area contributed by atoms with Crippen LogP contribution in [0.4, 0.5) is 5.69 Å². The molecule has 102 valence electrons. The highest BCUT2D eigenvalue weighted by Crippen LogP contribution is 2.19. The normalized spacial score (nSPS) is 23.2. The lowest BCUT2D eigenvalue weighted by Crippen LogP contribution is -2.52. The van der Waals surface area contributed by atoms with Gasteiger partial charge in [-0.3, -0.25) is 14.9 Å². The molecule has 2 unspecified atom stereocenters. The highest BCUT2D eigenvalue weighted by Gasteiger charge is 2.30. The Morgan fingerprint density at radius 3 is 2.26 bits per heavy atom. The van der Waals surface area contributed by atoms with Crippen LogP contribution in [-0.4, -0.2) is 41.0 Å². The van der Waals surface area contributed by atoms with Gasteiger partial charge in [-0.05, 0) is 26.0 Å². The maximum atomic E-state index is 12.4. The van der Waals surface area contributed by atoms with Crippen molar-refractivity contribution in [1.82, 2.24) is 4.90 Å². The number of benzene rings is 1. The second kappa shape index (κ2) is 5.36. The Bertz CT molecular complexity index is 476. The van der Waals surface area contributed by atoms with Gasteiger partial charge in [0, 0.05) is 17.7 Å². The van der Waals surface area contributed by atoms with Crippen molar-refractivity contribution in [2.45, 2.75) is 25.9 Å².